The molecule has 0 saturated carbocycles. The number of hydrogen-bond donors (Lipinski definition) is 0. The molecule has 0 spiro atoms. The third kappa shape index (κ3) is 3.55. The van der Waals surface area contributed by atoms with Crippen molar-refractivity contribution < 1.29 is 9.30 Å². The van der Waals surface area contributed by atoms with E-state index in [9.17, 15) is 4.57 Å². The maximum Gasteiger partial charge on any atom is 0.219 e. The molecule has 1 heterocycles. The first-order chi connectivity index (χ1) is 13.3. The molecule has 0 fully saturated rings. The molecule has 0 aliphatic heterocycles. The van der Waals surface area contributed by atoms with Crippen LogP contribution in [0.5, 0.6) is 11.6 Å². The van der Waals surface area contributed by atoms with Gasteiger partial charge in [-0.2, -0.15) is 0 Å². The first kappa shape index (κ1) is 17.3. The topological polar surface area (TPSA) is 39.2 Å². The number of aromatic nitrogens is 1. The highest BCUT2D eigenvalue weighted by molar-refractivity contribution is 7.85. The first-order valence-corrected chi connectivity index (χ1v) is 10.4. The highest BCUT2D eigenvalue weighted by atomic mass is 31.2. The lowest BCUT2D eigenvalue weighted by Gasteiger charge is -2.20. The van der Waals surface area contributed by atoms with E-state index in [1.54, 1.807) is 18.3 Å². The van der Waals surface area contributed by atoms with Crippen molar-refractivity contribution >= 4 is 23.1 Å². The number of rotatable bonds is 5. The predicted octanol–water partition coefficient (Wildman–Crippen LogP) is 4.51. The highest BCUT2D eigenvalue weighted by Gasteiger charge is 2.30. The van der Waals surface area contributed by atoms with Gasteiger partial charge in [-0.15, -0.1) is 0 Å². The van der Waals surface area contributed by atoms with Gasteiger partial charge in [0.1, 0.15) is 5.75 Å². The largest absolute Gasteiger partial charge is 0.439 e. The van der Waals surface area contributed by atoms with Crippen LogP contribution in [0, 0.1) is 0 Å². The fraction of sp³-hybridized carbons (Fsp3) is 0. The minimum absolute atomic E-state index is 0.422. The molecule has 4 heteroatoms. The van der Waals surface area contributed by atoms with Crippen LogP contribution in [0.2, 0.25) is 0 Å². The van der Waals surface area contributed by atoms with Gasteiger partial charge in [0, 0.05) is 28.2 Å². The van der Waals surface area contributed by atoms with Crippen molar-refractivity contribution in [2.75, 3.05) is 0 Å². The van der Waals surface area contributed by atoms with Gasteiger partial charge in [-0.25, -0.2) is 4.98 Å². The summed E-state index contributed by atoms with van der Waals surface area (Å²) in [5.74, 6) is 1.11. The molecule has 0 amide bonds. The monoisotopic (exact) mass is 371 g/mol. The van der Waals surface area contributed by atoms with Crippen LogP contribution in [0.4, 0.5) is 0 Å². The van der Waals surface area contributed by atoms with Gasteiger partial charge in [0.2, 0.25) is 5.88 Å². The summed E-state index contributed by atoms with van der Waals surface area (Å²) in [5, 5.41) is 2.27. The fourth-order valence-electron chi connectivity index (χ4n) is 2.98. The summed E-state index contributed by atoms with van der Waals surface area (Å²) in [6.07, 6.45) is 1.64. The van der Waals surface area contributed by atoms with Crippen LogP contribution >= 0.6 is 7.14 Å². The minimum atomic E-state index is -3.03. The Bertz CT molecular complexity index is 1020. The molecule has 0 atom stereocenters. The summed E-state index contributed by atoms with van der Waals surface area (Å²) in [7, 11) is -3.03. The van der Waals surface area contributed by atoms with Crippen molar-refractivity contribution in [3.63, 3.8) is 0 Å². The van der Waals surface area contributed by atoms with Gasteiger partial charge in [-0.1, -0.05) is 78.9 Å². The number of pyridine rings is 1. The Morgan fingerprint density at radius 1 is 0.630 bits per heavy atom. The Morgan fingerprint density at radius 3 is 1.70 bits per heavy atom. The van der Waals surface area contributed by atoms with E-state index in [1.165, 1.54) is 0 Å². The van der Waals surface area contributed by atoms with Gasteiger partial charge < -0.3 is 9.30 Å². The lowest BCUT2D eigenvalue weighted by atomic mass is 10.3. The van der Waals surface area contributed by atoms with E-state index in [-0.39, 0.29) is 0 Å². The van der Waals surface area contributed by atoms with Crippen LogP contribution in [-0.4, -0.2) is 4.98 Å². The number of hydrogen-bond acceptors (Lipinski definition) is 3. The molecule has 0 radical (unpaired) electrons. The van der Waals surface area contributed by atoms with Crippen molar-refractivity contribution in [2.24, 2.45) is 0 Å². The summed E-state index contributed by atoms with van der Waals surface area (Å²) in [4.78, 5) is 4.29. The van der Waals surface area contributed by atoms with E-state index in [0.29, 0.717) is 16.9 Å². The van der Waals surface area contributed by atoms with Crippen LogP contribution in [0.1, 0.15) is 0 Å². The Morgan fingerprint density at radius 2 is 1.15 bits per heavy atom. The number of nitrogens with zero attached hydrogens (tertiary/aromatic N) is 1. The van der Waals surface area contributed by atoms with Crippen LogP contribution in [0.15, 0.2) is 109 Å². The molecule has 0 saturated heterocycles. The zero-order chi connectivity index (χ0) is 18.5. The normalized spacial score (nSPS) is 11.1. The number of benzene rings is 3. The summed E-state index contributed by atoms with van der Waals surface area (Å²) < 4.78 is 20.2. The maximum absolute atomic E-state index is 14.3. The third-order valence-corrected chi connectivity index (χ3v) is 7.34. The van der Waals surface area contributed by atoms with E-state index in [4.69, 9.17) is 4.74 Å². The number of ether oxygens (including phenoxy) is 1. The third-order valence-electron chi connectivity index (χ3n) is 4.29. The first-order valence-electron chi connectivity index (χ1n) is 8.67. The van der Waals surface area contributed by atoms with Crippen molar-refractivity contribution in [2.45, 2.75) is 0 Å². The van der Waals surface area contributed by atoms with E-state index >= 15 is 0 Å². The minimum Gasteiger partial charge on any atom is -0.439 e. The van der Waals surface area contributed by atoms with Crippen molar-refractivity contribution in [1.82, 2.24) is 4.98 Å². The molecular weight excluding hydrogens is 353 g/mol. The second kappa shape index (κ2) is 7.61. The van der Waals surface area contributed by atoms with E-state index < -0.39 is 7.14 Å². The average Bonchev–Trinajstić information content (AvgIpc) is 2.75. The Kier molecular flexibility index (Phi) is 4.86. The van der Waals surface area contributed by atoms with Crippen LogP contribution in [0.3, 0.4) is 0 Å². The molecule has 4 rings (SSSR count). The van der Waals surface area contributed by atoms with Crippen molar-refractivity contribution in [3.05, 3.63) is 109 Å². The predicted molar refractivity (Wildman–Crippen MR) is 110 cm³/mol. The lowest BCUT2D eigenvalue weighted by Crippen LogP contribution is -2.25. The zero-order valence-electron chi connectivity index (χ0n) is 14.6. The van der Waals surface area contributed by atoms with Crippen molar-refractivity contribution in [3.8, 4) is 11.6 Å². The lowest BCUT2D eigenvalue weighted by molar-refractivity contribution is 0.463. The Balaban J connectivity index is 1.82. The highest BCUT2D eigenvalue weighted by Crippen LogP contribution is 2.42. The van der Waals surface area contributed by atoms with Gasteiger partial charge in [0.15, 0.2) is 7.14 Å². The van der Waals surface area contributed by atoms with Gasteiger partial charge >= 0.3 is 0 Å². The summed E-state index contributed by atoms with van der Waals surface area (Å²) in [6, 6.07) is 32.2. The van der Waals surface area contributed by atoms with E-state index in [1.807, 2.05) is 91.0 Å². The van der Waals surface area contributed by atoms with Crippen molar-refractivity contribution in [1.29, 1.82) is 0 Å². The standard InChI is InChI=1S/C23H18NO2P/c25-27(20-12-6-2-7-13-20,21-14-8-3-9-15-21)22-16-17-24-23(18-22)26-19-10-4-1-5-11-19/h1-18H. The molecule has 1 aromatic heterocycles. The Labute approximate surface area is 158 Å². The van der Waals surface area contributed by atoms with Crippen LogP contribution in [-0.2, 0) is 4.57 Å². The maximum atomic E-state index is 14.3. The molecular formula is C23H18NO2P. The number of para-hydroxylation sites is 1. The molecule has 0 aliphatic rings. The summed E-state index contributed by atoms with van der Waals surface area (Å²) in [5.41, 5.74) is 0. The van der Waals surface area contributed by atoms with Crippen LogP contribution in [0.25, 0.3) is 0 Å². The smallest absolute Gasteiger partial charge is 0.219 e. The van der Waals surface area contributed by atoms with E-state index in [0.717, 1.165) is 10.6 Å². The summed E-state index contributed by atoms with van der Waals surface area (Å²) in [6.45, 7) is 0. The molecule has 0 bridgehead atoms. The fourth-order valence-corrected chi connectivity index (χ4v) is 5.63. The van der Waals surface area contributed by atoms with Gasteiger partial charge in [0.05, 0.1) is 0 Å². The molecule has 4 aromatic rings. The molecule has 3 nitrogen and oxygen atoms in total. The molecule has 0 N–H and O–H groups in total. The quantitative estimate of drug-likeness (QED) is 0.485. The SMILES string of the molecule is O=P(c1ccccc1)(c1ccccc1)c1ccnc(Oc2ccccc2)c1. The Hall–Kier alpha value is -3.16. The molecule has 27 heavy (non-hydrogen) atoms. The molecule has 132 valence electrons. The average molecular weight is 371 g/mol. The second-order valence-corrected chi connectivity index (χ2v) is 8.82. The van der Waals surface area contributed by atoms with Gasteiger partial charge in [-0.05, 0) is 18.2 Å². The van der Waals surface area contributed by atoms with Gasteiger partial charge in [0.25, 0.3) is 0 Å². The zero-order valence-corrected chi connectivity index (χ0v) is 15.5. The molecule has 0 unspecified atom stereocenters. The summed E-state index contributed by atoms with van der Waals surface area (Å²) >= 11 is 0. The van der Waals surface area contributed by atoms with Crippen LogP contribution < -0.4 is 20.7 Å². The molecule has 3 aromatic carbocycles. The molecule has 0 aliphatic carbocycles. The van der Waals surface area contributed by atoms with E-state index in [2.05, 4.69) is 4.98 Å². The second-order valence-electron chi connectivity index (χ2n) is 6.05. The van der Waals surface area contributed by atoms with Gasteiger partial charge in [-0.3, -0.25) is 0 Å².